The number of carboxylic acid groups (broad SMARTS) is 1. The zero-order valence-electron chi connectivity index (χ0n) is 28.2. The molecule has 0 aromatic heterocycles. The highest BCUT2D eigenvalue weighted by Gasteiger charge is 2.39. The zero-order valence-corrected chi connectivity index (χ0v) is 28.2. The third-order valence-electron chi connectivity index (χ3n) is 7.76. The normalized spacial score (nSPS) is 12.5. The van der Waals surface area contributed by atoms with E-state index < -0.39 is 11.4 Å². The fourth-order valence-electron chi connectivity index (χ4n) is 1.71. The summed E-state index contributed by atoms with van der Waals surface area (Å²) < 4.78 is 0. The Hall–Kier alpha value is -1.52. The monoisotopic (exact) mass is 528 g/mol. The molecule has 0 aliphatic rings. The molecule has 0 aromatic carbocycles. The highest BCUT2D eigenvalue weighted by atomic mass is 16.4. The van der Waals surface area contributed by atoms with E-state index in [2.05, 4.69) is 34.6 Å². The SMILES string of the molecule is CC(=O)C(C)(C)C.CC(=O)CCC(C)(C)C(C)(C)C.CC(C)(C)C(C)(C)C(=O)O.CCC(=O)C(C)(C)C. The molecule has 0 heterocycles. The van der Waals surface area contributed by atoms with Crippen LogP contribution in [0, 0.1) is 32.5 Å². The van der Waals surface area contributed by atoms with Crippen LogP contribution in [0.4, 0.5) is 0 Å². The largest absolute Gasteiger partial charge is 0.481 e. The highest BCUT2D eigenvalue weighted by molar-refractivity contribution is 5.83. The number of carboxylic acids is 1. The van der Waals surface area contributed by atoms with Gasteiger partial charge in [-0.05, 0) is 50.4 Å². The predicted molar refractivity (Wildman–Crippen MR) is 159 cm³/mol. The van der Waals surface area contributed by atoms with Gasteiger partial charge in [0.1, 0.15) is 17.3 Å². The average molecular weight is 529 g/mol. The van der Waals surface area contributed by atoms with Gasteiger partial charge >= 0.3 is 5.97 Å². The van der Waals surface area contributed by atoms with E-state index >= 15 is 0 Å². The first-order valence-corrected chi connectivity index (χ1v) is 13.6. The van der Waals surface area contributed by atoms with Crippen molar-refractivity contribution in [2.75, 3.05) is 0 Å². The van der Waals surface area contributed by atoms with Gasteiger partial charge in [-0.1, -0.05) is 104 Å². The van der Waals surface area contributed by atoms with E-state index in [1.165, 1.54) is 0 Å². The molecule has 37 heavy (non-hydrogen) atoms. The van der Waals surface area contributed by atoms with E-state index in [-0.39, 0.29) is 32.9 Å². The predicted octanol–water partition coefficient (Wildman–Crippen LogP) is 9.20. The van der Waals surface area contributed by atoms with Crippen LogP contribution in [0.5, 0.6) is 0 Å². The molecule has 0 fully saturated rings. The molecule has 222 valence electrons. The smallest absolute Gasteiger partial charge is 0.309 e. The van der Waals surface area contributed by atoms with Gasteiger partial charge in [-0.15, -0.1) is 0 Å². The second-order valence-electron chi connectivity index (χ2n) is 15.3. The van der Waals surface area contributed by atoms with Gasteiger partial charge in [-0.3, -0.25) is 14.4 Å². The van der Waals surface area contributed by atoms with Crippen LogP contribution in [0.25, 0.3) is 0 Å². The molecular formula is C32H64O5. The lowest BCUT2D eigenvalue weighted by molar-refractivity contribution is -0.153. The molecule has 0 aliphatic carbocycles. The van der Waals surface area contributed by atoms with Gasteiger partial charge in [0.05, 0.1) is 5.41 Å². The van der Waals surface area contributed by atoms with Crippen molar-refractivity contribution < 1.29 is 24.3 Å². The first-order chi connectivity index (χ1) is 15.8. The van der Waals surface area contributed by atoms with Crippen molar-refractivity contribution in [1.29, 1.82) is 0 Å². The van der Waals surface area contributed by atoms with Crippen LogP contribution in [0.15, 0.2) is 0 Å². The molecule has 0 bridgehead atoms. The maximum atomic E-state index is 10.8. The minimum absolute atomic E-state index is 0.130. The fraction of sp³-hybridized carbons (Fsp3) is 0.875. The Bertz CT molecular complexity index is 712. The molecule has 0 saturated heterocycles. The minimum Gasteiger partial charge on any atom is -0.481 e. The fourth-order valence-corrected chi connectivity index (χ4v) is 1.71. The van der Waals surface area contributed by atoms with E-state index in [0.29, 0.717) is 24.4 Å². The standard InChI is InChI=1S/C11H22O.C8H16O2.C7H14O.C6H12O/c1-9(12)7-8-11(5,6)10(2,3)4;1-7(2,3)8(4,5)6(9)10;1-5-6(8)7(2,3)4;1-5(7)6(2,3)4/h7-8H2,1-6H3;1-5H3,(H,9,10);5H2,1-4H3;1-4H3. The zero-order chi connectivity index (χ0) is 31.4. The molecule has 1 N–H and O–H groups in total. The van der Waals surface area contributed by atoms with Gasteiger partial charge in [0.2, 0.25) is 0 Å². The van der Waals surface area contributed by atoms with Crippen LogP contribution in [0.1, 0.15) is 151 Å². The third-order valence-corrected chi connectivity index (χ3v) is 7.76. The highest BCUT2D eigenvalue weighted by Crippen LogP contribution is 2.41. The Morgan fingerprint density at radius 3 is 1.00 bits per heavy atom. The van der Waals surface area contributed by atoms with E-state index in [1.807, 2.05) is 69.2 Å². The van der Waals surface area contributed by atoms with Crippen LogP contribution in [0.2, 0.25) is 0 Å². The van der Waals surface area contributed by atoms with Gasteiger partial charge in [0, 0.05) is 23.7 Å². The Labute approximate surface area is 231 Å². The molecule has 0 aromatic rings. The molecule has 0 aliphatic heterocycles. The van der Waals surface area contributed by atoms with Gasteiger partial charge < -0.3 is 9.90 Å². The molecular weight excluding hydrogens is 464 g/mol. The maximum Gasteiger partial charge on any atom is 0.309 e. The summed E-state index contributed by atoms with van der Waals surface area (Å²) in [4.78, 5) is 42.8. The van der Waals surface area contributed by atoms with Gasteiger partial charge in [-0.25, -0.2) is 0 Å². The summed E-state index contributed by atoms with van der Waals surface area (Å²) in [7, 11) is 0. The number of hydrogen-bond acceptors (Lipinski definition) is 4. The number of aliphatic carboxylic acids is 1. The topological polar surface area (TPSA) is 88.5 Å². The minimum atomic E-state index is -0.736. The number of Topliss-reactive ketones (excluding diaryl/α,β-unsaturated/α-hetero) is 3. The van der Waals surface area contributed by atoms with E-state index in [9.17, 15) is 19.2 Å². The molecule has 0 spiro atoms. The number of rotatable bonds is 5. The summed E-state index contributed by atoms with van der Waals surface area (Å²) in [6, 6.07) is 0. The van der Waals surface area contributed by atoms with E-state index in [1.54, 1.807) is 27.7 Å². The van der Waals surface area contributed by atoms with E-state index in [4.69, 9.17) is 5.11 Å². The van der Waals surface area contributed by atoms with Crippen molar-refractivity contribution >= 4 is 23.3 Å². The van der Waals surface area contributed by atoms with Crippen molar-refractivity contribution in [1.82, 2.24) is 0 Å². The van der Waals surface area contributed by atoms with Crippen molar-refractivity contribution in [3.05, 3.63) is 0 Å². The van der Waals surface area contributed by atoms with Crippen molar-refractivity contribution in [3.8, 4) is 0 Å². The number of carbonyl (C=O) groups excluding carboxylic acids is 3. The van der Waals surface area contributed by atoms with Crippen molar-refractivity contribution in [2.24, 2.45) is 32.5 Å². The molecule has 0 atom stereocenters. The van der Waals surface area contributed by atoms with Crippen LogP contribution in [0.3, 0.4) is 0 Å². The number of carbonyl (C=O) groups is 4. The lowest BCUT2D eigenvalue weighted by Crippen LogP contribution is -2.37. The average Bonchev–Trinajstić information content (AvgIpc) is 2.63. The first kappa shape index (κ1) is 42.6. The molecule has 0 radical (unpaired) electrons. The van der Waals surface area contributed by atoms with Crippen LogP contribution >= 0.6 is 0 Å². The van der Waals surface area contributed by atoms with Crippen LogP contribution < -0.4 is 0 Å². The molecule has 0 amide bonds. The number of hydrogen-bond donors (Lipinski definition) is 1. The third kappa shape index (κ3) is 20.2. The lowest BCUT2D eigenvalue weighted by Gasteiger charge is -2.38. The van der Waals surface area contributed by atoms with Crippen LogP contribution in [-0.2, 0) is 19.2 Å². The molecule has 0 saturated carbocycles. The van der Waals surface area contributed by atoms with Crippen molar-refractivity contribution in [3.63, 3.8) is 0 Å². The second-order valence-corrected chi connectivity index (χ2v) is 15.3. The van der Waals surface area contributed by atoms with Crippen molar-refractivity contribution in [2.45, 2.75) is 151 Å². The van der Waals surface area contributed by atoms with Gasteiger partial charge in [0.15, 0.2) is 0 Å². The van der Waals surface area contributed by atoms with Gasteiger partial charge in [0.25, 0.3) is 0 Å². The summed E-state index contributed by atoms with van der Waals surface area (Å²) in [5, 5.41) is 8.78. The molecule has 5 nitrogen and oxygen atoms in total. The Balaban J connectivity index is -0.000000200. The summed E-state index contributed by atoms with van der Waals surface area (Å²) >= 11 is 0. The summed E-state index contributed by atoms with van der Waals surface area (Å²) in [5.41, 5.74) is -0.568. The quantitative estimate of drug-likeness (QED) is 0.384. The summed E-state index contributed by atoms with van der Waals surface area (Å²) in [5.74, 6) is 0.136. The van der Waals surface area contributed by atoms with Gasteiger partial charge in [-0.2, -0.15) is 0 Å². The summed E-state index contributed by atoms with van der Waals surface area (Å²) in [6.07, 6.45) is 2.36. The first-order valence-electron chi connectivity index (χ1n) is 13.6. The number of ketones is 3. The maximum absolute atomic E-state index is 10.8. The molecule has 0 rings (SSSR count). The Kier molecular flexibility index (Phi) is 18.2. The lowest BCUT2D eigenvalue weighted by atomic mass is 9.67. The Morgan fingerprint density at radius 1 is 0.595 bits per heavy atom. The Morgan fingerprint density at radius 2 is 0.919 bits per heavy atom. The van der Waals surface area contributed by atoms with E-state index in [0.717, 1.165) is 6.42 Å². The van der Waals surface area contributed by atoms with Crippen LogP contribution in [-0.4, -0.2) is 28.4 Å². The summed E-state index contributed by atoms with van der Waals surface area (Å²) in [6.45, 7) is 37.2. The molecule has 0 unspecified atom stereocenters. The second kappa shape index (κ2) is 15.8. The molecule has 5 heteroatoms.